The number of nitrogens with one attached hydrogen (secondary N) is 1. The zero-order valence-electron chi connectivity index (χ0n) is 20.1. The van der Waals surface area contributed by atoms with Gasteiger partial charge in [0.15, 0.2) is 17.3 Å². The Morgan fingerprint density at radius 3 is 2.42 bits per heavy atom. The molecule has 7 nitrogen and oxygen atoms in total. The Bertz CT molecular complexity index is 1420. The molecule has 0 aliphatic heterocycles. The number of hydrogen-bond acceptors (Lipinski definition) is 5. The molecule has 0 unspecified atom stereocenters. The molecular formula is C26H24F3N3O4. The summed E-state index contributed by atoms with van der Waals surface area (Å²) in [5.41, 5.74) is 2.37. The lowest BCUT2D eigenvalue weighted by molar-refractivity contribution is -0.105. The van der Waals surface area contributed by atoms with Gasteiger partial charge in [-0.15, -0.1) is 0 Å². The molecule has 0 saturated carbocycles. The summed E-state index contributed by atoms with van der Waals surface area (Å²) in [6.45, 7) is 3.18. The number of ketones is 1. The number of rotatable bonds is 7. The summed E-state index contributed by atoms with van der Waals surface area (Å²) in [4.78, 5) is 25.9. The summed E-state index contributed by atoms with van der Waals surface area (Å²) in [6, 6.07) is 9.33. The van der Waals surface area contributed by atoms with Gasteiger partial charge in [-0.3, -0.25) is 9.59 Å². The van der Waals surface area contributed by atoms with Crippen molar-refractivity contribution in [2.45, 2.75) is 20.4 Å². The van der Waals surface area contributed by atoms with Gasteiger partial charge in [0, 0.05) is 52.3 Å². The van der Waals surface area contributed by atoms with E-state index >= 15 is 0 Å². The van der Waals surface area contributed by atoms with E-state index in [1.165, 1.54) is 39.3 Å². The third kappa shape index (κ3) is 5.65. The van der Waals surface area contributed by atoms with E-state index in [-0.39, 0.29) is 23.6 Å². The van der Waals surface area contributed by atoms with Gasteiger partial charge >= 0.3 is 0 Å². The molecule has 0 radical (unpaired) electrons. The highest BCUT2D eigenvalue weighted by Gasteiger charge is 2.21. The van der Waals surface area contributed by atoms with Crippen molar-refractivity contribution in [3.63, 3.8) is 0 Å². The predicted molar refractivity (Wildman–Crippen MR) is 129 cm³/mol. The minimum Gasteiger partial charge on any atom is -0.494 e. The smallest absolute Gasteiger partial charge is 0.214 e. The van der Waals surface area contributed by atoms with Crippen molar-refractivity contribution in [2.75, 3.05) is 19.5 Å². The minimum absolute atomic E-state index is 0.0279. The van der Waals surface area contributed by atoms with Crippen molar-refractivity contribution in [3.05, 3.63) is 82.9 Å². The fourth-order valence-electron chi connectivity index (χ4n) is 3.78. The number of ether oxygens (including phenoxy) is 2. The molecule has 2 heterocycles. The van der Waals surface area contributed by atoms with Crippen LogP contribution >= 0.6 is 0 Å². The maximum absolute atomic E-state index is 14.2. The number of amides is 1. The zero-order valence-corrected chi connectivity index (χ0v) is 20.1. The zero-order chi connectivity index (χ0) is 26.4. The average molecular weight is 499 g/mol. The van der Waals surface area contributed by atoms with Crippen molar-refractivity contribution in [1.82, 2.24) is 9.55 Å². The molecule has 10 heteroatoms. The van der Waals surface area contributed by atoms with Crippen LogP contribution in [0.4, 0.5) is 18.9 Å². The van der Waals surface area contributed by atoms with Crippen LogP contribution in [-0.2, 0) is 11.3 Å². The first-order valence-electron chi connectivity index (χ1n) is 10.7. The van der Waals surface area contributed by atoms with E-state index in [0.29, 0.717) is 40.1 Å². The number of methoxy groups -OCH3 is 2. The lowest BCUT2D eigenvalue weighted by Crippen LogP contribution is -2.05. The third-order valence-corrected chi connectivity index (χ3v) is 5.46. The summed E-state index contributed by atoms with van der Waals surface area (Å²) in [7, 11) is 2.86. The van der Waals surface area contributed by atoms with Crippen molar-refractivity contribution in [3.8, 4) is 11.6 Å². The highest BCUT2D eigenvalue weighted by atomic mass is 19.1. The van der Waals surface area contributed by atoms with E-state index in [1.54, 1.807) is 29.8 Å². The quantitative estimate of drug-likeness (QED) is 0.276. The molecule has 0 atom stereocenters. The Kier molecular flexibility index (Phi) is 8.31. The lowest BCUT2D eigenvalue weighted by atomic mass is 10.1. The van der Waals surface area contributed by atoms with Crippen LogP contribution in [0.25, 0.3) is 10.9 Å². The Balaban J connectivity index is 0.000000275. The number of fused-ring (bicyclic) bond motifs is 1. The molecule has 36 heavy (non-hydrogen) atoms. The Hall–Kier alpha value is -4.34. The molecule has 1 amide bonds. The first kappa shape index (κ1) is 26.3. The van der Waals surface area contributed by atoms with Gasteiger partial charge in [0.25, 0.3) is 0 Å². The SMILES string of the molecule is COc1cc(NC=O)ccn1.COc1cc2c(C(C)=O)c(C)n(Cc3ccc(F)cc3F)c2cc1F. The molecule has 4 rings (SSSR count). The number of carbonyl (C=O) groups is 2. The molecule has 0 aliphatic rings. The molecule has 4 aromatic rings. The number of nitrogens with zero attached hydrogens (tertiary/aromatic N) is 2. The Labute approximate surface area is 205 Å². The molecule has 0 spiro atoms. The molecule has 2 aromatic carbocycles. The monoisotopic (exact) mass is 499 g/mol. The van der Waals surface area contributed by atoms with Gasteiger partial charge in [-0.1, -0.05) is 6.07 Å². The number of hydrogen-bond donors (Lipinski definition) is 1. The third-order valence-electron chi connectivity index (χ3n) is 5.46. The molecule has 0 aliphatic carbocycles. The minimum atomic E-state index is -0.695. The summed E-state index contributed by atoms with van der Waals surface area (Å²) in [5.74, 6) is -1.62. The second kappa shape index (κ2) is 11.4. The largest absolute Gasteiger partial charge is 0.494 e. The van der Waals surface area contributed by atoms with Crippen LogP contribution in [0.15, 0.2) is 48.7 Å². The van der Waals surface area contributed by atoms with Crippen LogP contribution in [0.3, 0.4) is 0 Å². The first-order chi connectivity index (χ1) is 17.2. The number of halogens is 3. The van der Waals surface area contributed by atoms with Gasteiger partial charge in [0.1, 0.15) is 11.6 Å². The molecule has 0 fully saturated rings. The number of Topliss-reactive ketones (excluding diaryl/α,β-unsaturated/α-hetero) is 1. The number of aromatic nitrogens is 2. The topological polar surface area (TPSA) is 82.5 Å². The fourth-order valence-corrected chi connectivity index (χ4v) is 3.78. The number of pyridine rings is 1. The summed E-state index contributed by atoms with van der Waals surface area (Å²) in [5, 5.41) is 3.01. The van der Waals surface area contributed by atoms with E-state index in [2.05, 4.69) is 10.3 Å². The van der Waals surface area contributed by atoms with Crippen LogP contribution in [0.5, 0.6) is 11.6 Å². The van der Waals surface area contributed by atoms with Gasteiger partial charge in [0.2, 0.25) is 12.3 Å². The van der Waals surface area contributed by atoms with Crippen molar-refractivity contribution in [2.24, 2.45) is 0 Å². The van der Waals surface area contributed by atoms with Gasteiger partial charge < -0.3 is 19.4 Å². The lowest BCUT2D eigenvalue weighted by Gasteiger charge is -2.10. The number of anilines is 1. The normalized spacial score (nSPS) is 10.4. The predicted octanol–water partition coefficient (Wildman–Crippen LogP) is 5.29. The second-order valence-corrected chi connectivity index (χ2v) is 7.69. The van der Waals surface area contributed by atoms with Gasteiger partial charge in [-0.2, -0.15) is 0 Å². The van der Waals surface area contributed by atoms with Gasteiger partial charge in [0.05, 0.1) is 26.3 Å². The van der Waals surface area contributed by atoms with Gasteiger partial charge in [-0.25, -0.2) is 18.2 Å². The molecule has 1 N–H and O–H groups in total. The summed E-state index contributed by atoms with van der Waals surface area (Å²) >= 11 is 0. The molecule has 188 valence electrons. The van der Waals surface area contributed by atoms with E-state index < -0.39 is 17.5 Å². The van der Waals surface area contributed by atoms with Crippen LogP contribution < -0.4 is 14.8 Å². The highest BCUT2D eigenvalue weighted by molar-refractivity contribution is 6.08. The number of benzene rings is 2. The summed E-state index contributed by atoms with van der Waals surface area (Å²) < 4.78 is 52.8. The van der Waals surface area contributed by atoms with E-state index in [0.717, 1.165) is 12.1 Å². The van der Waals surface area contributed by atoms with E-state index in [4.69, 9.17) is 9.47 Å². The Morgan fingerprint density at radius 1 is 1.06 bits per heavy atom. The Morgan fingerprint density at radius 2 is 1.81 bits per heavy atom. The second-order valence-electron chi connectivity index (χ2n) is 7.69. The first-order valence-corrected chi connectivity index (χ1v) is 10.7. The molecule has 2 aromatic heterocycles. The van der Waals surface area contributed by atoms with E-state index in [9.17, 15) is 22.8 Å². The maximum Gasteiger partial charge on any atom is 0.214 e. The average Bonchev–Trinajstić information content (AvgIpc) is 3.11. The van der Waals surface area contributed by atoms with Crippen LogP contribution in [0.2, 0.25) is 0 Å². The molecule has 0 bridgehead atoms. The van der Waals surface area contributed by atoms with Crippen molar-refractivity contribution < 1.29 is 32.2 Å². The maximum atomic E-state index is 14.2. The van der Waals surface area contributed by atoms with Crippen LogP contribution in [0.1, 0.15) is 28.5 Å². The van der Waals surface area contributed by atoms with Gasteiger partial charge in [-0.05, 0) is 32.0 Å². The molecular weight excluding hydrogens is 475 g/mol. The standard InChI is InChI=1S/C19H16F3NO2.C7H8N2O2/c1-10-19(11(2)24)14-7-18(25-3)16(22)8-17(14)23(10)9-12-4-5-13(20)6-15(12)21;1-11-7-4-6(9-5-10)2-3-8-7/h4-8H,9H2,1-3H3;2-5H,1H3,(H,8,9,10). The number of carbonyl (C=O) groups excluding carboxylic acids is 2. The highest BCUT2D eigenvalue weighted by Crippen LogP contribution is 2.32. The van der Waals surface area contributed by atoms with Crippen LogP contribution in [-0.4, -0.2) is 36.0 Å². The van der Waals surface area contributed by atoms with Crippen LogP contribution in [0, 0.1) is 24.4 Å². The fraction of sp³-hybridized carbons (Fsp3) is 0.192. The van der Waals surface area contributed by atoms with Crippen molar-refractivity contribution >= 4 is 28.8 Å². The van der Waals surface area contributed by atoms with Crippen molar-refractivity contribution in [1.29, 1.82) is 0 Å². The summed E-state index contributed by atoms with van der Waals surface area (Å²) in [6.07, 6.45) is 2.17. The molecule has 0 saturated heterocycles. The van der Waals surface area contributed by atoms with E-state index in [1.807, 2.05) is 0 Å².